The first-order chi connectivity index (χ1) is 10.2. The molecule has 1 N–H and O–H groups in total. The maximum Gasteiger partial charge on any atom is 0.338 e. The Balaban J connectivity index is 1.88. The molecule has 0 radical (unpaired) electrons. The first-order valence-corrected chi connectivity index (χ1v) is 7.29. The van der Waals surface area contributed by atoms with E-state index in [1.807, 2.05) is 0 Å². The molecule has 0 spiro atoms. The lowest BCUT2D eigenvalue weighted by molar-refractivity contribution is -0.119. The van der Waals surface area contributed by atoms with Gasteiger partial charge in [0.2, 0.25) is 5.91 Å². The summed E-state index contributed by atoms with van der Waals surface area (Å²) in [4.78, 5) is 23.4. The van der Waals surface area contributed by atoms with Crippen molar-refractivity contribution in [2.75, 3.05) is 19.0 Å². The lowest BCUT2D eigenvalue weighted by Gasteiger charge is -2.21. The number of carbonyl (C=O) groups excluding carboxylic acids is 2. The van der Waals surface area contributed by atoms with Crippen LogP contribution in [-0.4, -0.2) is 31.7 Å². The summed E-state index contributed by atoms with van der Waals surface area (Å²) in [5.41, 5.74) is 1.14. The molecule has 0 aromatic heterocycles. The number of carbonyl (C=O) groups is 2. The zero-order chi connectivity index (χ0) is 15.1. The van der Waals surface area contributed by atoms with Gasteiger partial charge in [-0.1, -0.05) is 6.42 Å². The van der Waals surface area contributed by atoms with Crippen LogP contribution in [0.2, 0.25) is 0 Å². The lowest BCUT2D eigenvalue weighted by Crippen LogP contribution is -2.21. The smallest absolute Gasteiger partial charge is 0.338 e. The minimum absolute atomic E-state index is 0.00543. The second-order valence-electron chi connectivity index (χ2n) is 5.22. The number of esters is 1. The van der Waals surface area contributed by atoms with Crippen LogP contribution in [0.5, 0.6) is 0 Å². The zero-order valence-electron chi connectivity index (χ0n) is 12.3. The predicted molar refractivity (Wildman–Crippen MR) is 79.2 cm³/mol. The zero-order valence-corrected chi connectivity index (χ0v) is 12.3. The van der Waals surface area contributed by atoms with Crippen molar-refractivity contribution in [3.8, 4) is 0 Å². The molecule has 1 amide bonds. The molecule has 1 fully saturated rings. The topological polar surface area (TPSA) is 64.6 Å². The highest BCUT2D eigenvalue weighted by molar-refractivity contribution is 5.93. The summed E-state index contributed by atoms with van der Waals surface area (Å²) in [6.07, 6.45) is 5.44. The fourth-order valence-corrected chi connectivity index (χ4v) is 2.42. The number of ether oxygens (including phenoxy) is 2. The van der Waals surface area contributed by atoms with Gasteiger partial charge in [-0.2, -0.15) is 0 Å². The Morgan fingerprint density at radius 1 is 1.14 bits per heavy atom. The summed E-state index contributed by atoms with van der Waals surface area (Å²) in [6, 6.07) is 6.69. The number of methoxy groups -OCH3 is 1. The molecule has 0 saturated heterocycles. The third-order valence-corrected chi connectivity index (χ3v) is 3.51. The highest BCUT2D eigenvalue weighted by atomic mass is 16.5. The molecule has 2 rings (SSSR count). The quantitative estimate of drug-likeness (QED) is 0.847. The molecule has 1 aromatic carbocycles. The van der Waals surface area contributed by atoms with Crippen LogP contribution in [-0.2, 0) is 14.3 Å². The number of benzene rings is 1. The summed E-state index contributed by atoms with van der Waals surface area (Å²) in [6.45, 7) is 0.00543. The molecule has 0 unspecified atom stereocenters. The Labute approximate surface area is 124 Å². The molecular weight excluding hydrogens is 270 g/mol. The molecule has 1 aliphatic carbocycles. The molecule has 0 atom stereocenters. The Morgan fingerprint density at radius 3 is 2.43 bits per heavy atom. The number of nitrogens with one attached hydrogen (secondary N) is 1. The fourth-order valence-electron chi connectivity index (χ4n) is 2.42. The van der Waals surface area contributed by atoms with Crippen LogP contribution in [0.15, 0.2) is 24.3 Å². The first-order valence-electron chi connectivity index (χ1n) is 7.29. The third-order valence-electron chi connectivity index (χ3n) is 3.51. The maximum absolute atomic E-state index is 12.0. The van der Waals surface area contributed by atoms with Gasteiger partial charge in [-0.3, -0.25) is 4.79 Å². The SMILES string of the molecule is COCC(=O)Nc1ccc(C(=O)OC2CCCCC2)cc1. The van der Waals surface area contributed by atoms with Crippen molar-refractivity contribution in [2.45, 2.75) is 38.2 Å². The lowest BCUT2D eigenvalue weighted by atomic mass is 9.98. The number of rotatable bonds is 5. The van der Waals surface area contributed by atoms with E-state index in [-0.39, 0.29) is 24.6 Å². The Bertz CT molecular complexity index is 478. The van der Waals surface area contributed by atoms with E-state index >= 15 is 0 Å². The predicted octanol–water partition coefficient (Wildman–Crippen LogP) is 2.76. The molecule has 5 nitrogen and oxygen atoms in total. The van der Waals surface area contributed by atoms with E-state index in [4.69, 9.17) is 9.47 Å². The number of hydrogen-bond acceptors (Lipinski definition) is 4. The van der Waals surface area contributed by atoms with E-state index in [2.05, 4.69) is 5.32 Å². The number of amides is 1. The van der Waals surface area contributed by atoms with Crippen molar-refractivity contribution >= 4 is 17.6 Å². The molecule has 0 heterocycles. The van der Waals surface area contributed by atoms with Gasteiger partial charge in [-0.25, -0.2) is 4.79 Å². The van der Waals surface area contributed by atoms with Gasteiger partial charge >= 0.3 is 5.97 Å². The van der Waals surface area contributed by atoms with E-state index in [0.29, 0.717) is 11.3 Å². The fraction of sp³-hybridized carbons (Fsp3) is 0.500. The van der Waals surface area contributed by atoms with E-state index in [0.717, 1.165) is 25.7 Å². The Morgan fingerprint density at radius 2 is 1.81 bits per heavy atom. The van der Waals surface area contributed by atoms with Crippen molar-refractivity contribution in [1.82, 2.24) is 0 Å². The highest BCUT2D eigenvalue weighted by Crippen LogP contribution is 2.21. The van der Waals surface area contributed by atoms with Gasteiger partial charge < -0.3 is 14.8 Å². The average Bonchev–Trinajstić information content (AvgIpc) is 2.49. The van der Waals surface area contributed by atoms with Crippen molar-refractivity contribution < 1.29 is 19.1 Å². The van der Waals surface area contributed by atoms with Gasteiger partial charge in [-0.05, 0) is 49.9 Å². The Kier molecular flexibility index (Phi) is 5.75. The summed E-state index contributed by atoms with van der Waals surface area (Å²) in [5, 5.41) is 2.67. The van der Waals surface area contributed by atoms with Crippen LogP contribution in [0.25, 0.3) is 0 Å². The van der Waals surface area contributed by atoms with Gasteiger partial charge in [0.25, 0.3) is 0 Å². The molecule has 1 aliphatic rings. The van der Waals surface area contributed by atoms with E-state index in [1.54, 1.807) is 24.3 Å². The molecule has 5 heteroatoms. The van der Waals surface area contributed by atoms with E-state index < -0.39 is 0 Å². The molecule has 1 aromatic rings. The van der Waals surface area contributed by atoms with Crippen LogP contribution in [0.3, 0.4) is 0 Å². The van der Waals surface area contributed by atoms with Crippen molar-refractivity contribution in [3.05, 3.63) is 29.8 Å². The summed E-state index contributed by atoms with van der Waals surface area (Å²) >= 11 is 0. The van der Waals surface area contributed by atoms with E-state index in [9.17, 15) is 9.59 Å². The monoisotopic (exact) mass is 291 g/mol. The van der Waals surface area contributed by atoms with Crippen LogP contribution < -0.4 is 5.32 Å². The third kappa shape index (κ3) is 4.86. The first kappa shape index (κ1) is 15.5. The number of anilines is 1. The second-order valence-corrected chi connectivity index (χ2v) is 5.22. The molecule has 114 valence electrons. The maximum atomic E-state index is 12.0. The summed E-state index contributed by atoms with van der Waals surface area (Å²) in [7, 11) is 1.46. The van der Waals surface area contributed by atoms with Crippen molar-refractivity contribution in [3.63, 3.8) is 0 Å². The van der Waals surface area contributed by atoms with Crippen molar-refractivity contribution in [2.24, 2.45) is 0 Å². The molecule has 21 heavy (non-hydrogen) atoms. The second kappa shape index (κ2) is 7.78. The molecular formula is C16H21NO4. The van der Waals surface area contributed by atoms with Gasteiger partial charge in [-0.15, -0.1) is 0 Å². The summed E-state index contributed by atoms with van der Waals surface area (Å²) < 4.78 is 10.2. The largest absolute Gasteiger partial charge is 0.459 e. The van der Waals surface area contributed by atoms with Gasteiger partial charge in [0.1, 0.15) is 12.7 Å². The van der Waals surface area contributed by atoms with Crippen molar-refractivity contribution in [1.29, 1.82) is 0 Å². The summed E-state index contributed by atoms with van der Waals surface area (Å²) in [5.74, 6) is -0.522. The van der Waals surface area contributed by atoms with Gasteiger partial charge in [0, 0.05) is 12.8 Å². The van der Waals surface area contributed by atoms with Crippen LogP contribution in [0.1, 0.15) is 42.5 Å². The minimum Gasteiger partial charge on any atom is -0.459 e. The molecule has 0 bridgehead atoms. The minimum atomic E-state index is -0.295. The van der Waals surface area contributed by atoms with E-state index in [1.165, 1.54) is 13.5 Å². The normalized spacial score (nSPS) is 15.5. The number of hydrogen-bond donors (Lipinski definition) is 1. The Hall–Kier alpha value is -1.88. The van der Waals surface area contributed by atoms with Gasteiger partial charge in [0.05, 0.1) is 5.56 Å². The molecule has 0 aliphatic heterocycles. The highest BCUT2D eigenvalue weighted by Gasteiger charge is 2.18. The van der Waals surface area contributed by atoms with Gasteiger partial charge in [0.15, 0.2) is 0 Å². The van der Waals surface area contributed by atoms with Crippen LogP contribution in [0, 0.1) is 0 Å². The molecule has 1 saturated carbocycles. The van der Waals surface area contributed by atoms with Crippen LogP contribution >= 0.6 is 0 Å². The standard InChI is InChI=1S/C16H21NO4/c1-20-11-15(18)17-13-9-7-12(8-10-13)16(19)21-14-5-3-2-4-6-14/h7-10,14H,2-6,11H2,1H3,(H,17,18). The average molecular weight is 291 g/mol. The van der Waals surface area contributed by atoms with Crippen LogP contribution in [0.4, 0.5) is 5.69 Å².